The highest BCUT2D eigenvalue weighted by Gasteiger charge is 2.27. The Labute approximate surface area is 331 Å². The van der Waals surface area contributed by atoms with Crippen LogP contribution in [0, 0.1) is 0 Å². The van der Waals surface area contributed by atoms with E-state index in [2.05, 4.69) is 215 Å². The summed E-state index contributed by atoms with van der Waals surface area (Å²) in [6.07, 6.45) is 0.903. The van der Waals surface area contributed by atoms with E-state index in [9.17, 15) is 0 Å². The fraction of sp³-hybridized carbons (Fsp3) is 0.0182. The zero-order chi connectivity index (χ0) is 37.5. The van der Waals surface area contributed by atoms with Crippen LogP contribution in [0.2, 0.25) is 0 Å². The lowest BCUT2D eigenvalue weighted by Crippen LogP contribution is -1.98. The molecule has 0 radical (unpaired) electrons. The number of aromatic nitrogens is 2. The molecule has 2 aromatic heterocycles. The summed E-state index contributed by atoms with van der Waals surface area (Å²) in [4.78, 5) is 0. The zero-order valence-corrected chi connectivity index (χ0v) is 31.2. The lowest BCUT2D eigenvalue weighted by Gasteiger charge is -2.15. The van der Waals surface area contributed by atoms with Crippen LogP contribution in [0.1, 0.15) is 11.1 Å². The fourth-order valence-corrected chi connectivity index (χ4v) is 9.69. The summed E-state index contributed by atoms with van der Waals surface area (Å²) >= 11 is 0. The molecule has 2 nitrogen and oxygen atoms in total. The molecule has 266 valence electrons. The molecule has 57 heavy (non-hydrogen) atoms. The summed E-state index contributed by atoms with van der Waals surface area (Å²) in [7, 11) is 0. The van der Waals surface area contributed by atoms with Gasteiger partial charge in [0.2, 0.25) is 0 Å². The Morgan fingerprint density at radius 2 is 0.737 bits per heavy atom. The van der Waals surface area contributed by atoms with Crippen LogP contribution in [-0.2, 0) is 6.42 Å². The molecule has 0 atom stereocenters. The summed E-state index contributed by atoms with van der Waals surface area (Å²) in [5.74, 6) is 0. The Morgan fingerprint density at radius 1 is 0.281 bits per heavy atom. The lowest BCUT2D eigenvalue weighted by atomic mass is 9.94. The van der Waals surface area contributed by atoms with Crippen molar-refractivity contribution in [2.75, 3.05) is 0 Å². The second-order valence-corrected chi connectivity index (χ2v) is 15.2. The lowest BCUT2D eigenvalue weighted by molar-refractivity contribution is 1.17. The van der Waals surface area contributed by atoms with Gasteiger partial charge in [0.25, 0.3) is 0 Å². The average molecular weight is 725 g/mol. The molecule has 0 N–H and O–H groups in total. The van der Waals surface area contributed by atoms with Crippen LogP contribution in [0.3, 0.4) is 0 Å². The Morgan fingerprint density at radius 3 is 1.35 bits per heavy atom. The average Bonchev–Trinajstić information content (AvgIpc) is 3.95. The summed E-state index contributed by atoms with van der Waals surface area (Å²) in [5.41, 5.74) is 20.2. The summed E-state index contributed by atoms with van der Waals surface area (Å²) < 4.78 is 4.95. The molecule has 12 rings (SSSR count). The second kappa shape index (κ2) is 12.6. The molecule has 11 aromatic rings. The first-order valence-electron chi connectivity index (χ1n) is 19.8. The number of fused-ring (bicyclic) bond motifs is 10. The summed E-state index contributed by atoms with van der Waals surface area (Å²) in [5, 5.41) is 5.09. The van der Waals surface area contributed by atoms with E-state index >= 15 is 0 Å². The number of hydrogen-bond donors (Lipinski definition) is 0. The summed E-state index contributed by atoms with van der Waals surface area (Å²) in [6, 6.07) is 75.7. The van der Waals surface area contributed by atoms with Crippen LogP contribution >= 0.6 is 0 Å². The van der Waals surface area contributed by atoms with Gasteiger partial charge in [-0.1, -0.05) is 158 Å². The first-order valence-corrected chi connectivity index (χ1v) is 19.8. The molecule has 1 aliphatic carbocycles. The minimum Gasteiger partial charge on any atom is -0.309 e. The van der Waals surface area contributed by atoms with E-state index in [0.717, 1.165) is 12.1 Å². The Balaban J connectivity index is 1.12. The third kappa shape index (κ3) is 4.84. The van der Waals surface area contributed by atoms with E-state index in [1.165, 1.54) is 105 Å². The minimum absolute atomic E-state index is 0.903. The molecule has 0 amide bonds. The number of nitrogens with zero attached hydrogens (tertiary/aromatic N) is 2. The molecule has 9 aromatic carbocycles. The third-order valence-corrected chi connectivity index (χ3v) is 12.2. The van der Waals surface area contributed by atoms with Crippen LogP contribution < -0.4 is 0 Å². The van der Waals surface area contributed by atoms with Gasteiger partial charge in [-0.05, 0) is 111 Å². The van der Waals surface area contributed by atoms with Crippen LogP contribution in [0.15, 0.2) is 206 Å². The monoisotopic (exact) mass is 724 g/mol. The topological polar surface area (TPSA) is 9.86 Å². The maximum Gasteiger partial charge on any atom is 0.0548 e. The van der Waals surface area contributed by atoms with Gasteiger partial charge < -0.3 is 9.13 Å². The molecule has 0 fully saturated rings. The maximum absolute atomic E-state index is 2.51. The predicted octanol–water partition coefficient (Wildman–Crippen LogP) is 14.5. The molecule has 0 saturated heterocycles. The van der Waals surface area contributed by atoms with Crippen molar-refractivity contribution < 1.29 is 0 Å². The first-order chi connectivity index (χ1) is 28.3. The van der Waals surface area contributed by atoms with Crippen molar-refractivity contribution in [1.29, 1.82) is 0 Å². The van der Waals surface area contributed by atoms with Gasteiger partial charge in [0.05, 0.1) is 22.1 Å². The molecule has 0 aliphatic heterocycles. The van der Waals surface area contributed by atoms with Gasteiger partial charge in [-0.2, -0.15) is 0 Å². The molecule has 0 saturated carbocycles. The predicted molar refractivity (Wildman–Crippen MR) is 240 cm³/mol. The van der Waals surface area contributed by atoms with Gasteiger partial charge in [-0.15, -0.1) is 0 Å². The zero-order valence-electron chi connectivity index (χ0n) is 31.2. The van der Waals surface area contributed by atoms with E-state index in [4.69, 9.17) is 0 Å². The molecular weight excluding hydrogens is 689 g/mol. The van der Waals surface area contributed by atoms with E-state index in [0.29, 0.717) is 0 Å². The molecule has 0 unspecified atom stereocenters. The molecule has 2 heteroatoms. The molecule has 2 heterocycles. The van der Waals surface area contributed by atoms with E-state index in [-0.39, 0.29) is 0 Å². The van der Waals surface area contributed by atoms with Crippen LogP contribution in [0.5, 0.6) is 0 Å². The van der Waals surface area contributed by atoms with Crippen molar-refractivity contribution in [2.24, 2.45) is 0 Å². The van der Waals surface area contributed by atoms with Gasteiger partial charge in [-0.3, -0.25) is 0 Å². The third-order valence-electron chi connectivity index (χ3n) is 12.2. The standard InChI is InChI=1S/C55H36N2/c1-4-15-36(16-5-1)37-27-29-40(30-28-37)56-50-25-12-10-21-44(50)54-52(56)31-32-53-55(54)45-22-11-13-26-51(45)57(53)41-33-46(39-19-8-3-9-20-39)49-35-48-42(38-17-6-2-7-18-38)23-14-24-43(48)47(49)34-41/h1-34H,35H2. The van der Waals surface area contributed by atoms with Crippen molar-refractivity contribution in [3.63, 3.8) is 0 Å². The van der Waals surface area contributed by atoms with Crippen LogP contribution in [0.4, 0.5) is 0 Å². The van der Waals surface area contributed by atoms with Crippen molar-refractivity contribution >= 4 is 43.6 Å². The highest BCUT2D eigenvalue weighted by atomic mass is 15.0. The van der Waals surface area contributed by atoms with Crippen LogP contribution in [-0.4, -0.2) is 9.13 Å². The highest BCUT2D eigenvalue weighted by molar-refractivity contribution is 6.29. The molecule has 0 spiro atoms. The smallest absolute Gasteiger partial charge is 0.0548 e. The Bertz CT molecular complexity index is 3330. The van der Waals surface area contributed by atoms with Gasteiger partial charge in [-0.25, -0.2) is 0 Å². The molecule has 1 aliphatic rings. The number of hydrogen-bond acceptors (Lipinski definition) is 0. The highest BCUT2D eigenvalue weighted by Crippen LogP contribution is 2.48. The normalized spacial score (nSPS) is 12.1. The SMILES string of the molecule is c1ccc(-c2ccc(-n3c4ccccc4c4c5c6ccccc6n(-c6cc(-c7ccccc7)c7c(c6)-c6cccc(-c8ccccc8)c6C7)c5ccc43)cc2)cc1. The van der Waals surface area contributed by atoms with Crippen LogP contribution in [0.25, 0.3) is 99.5 Å². The van der Waals surface area contributed by atoms with E-state index < -0.39 is 0 Å². The fourth-order valence-electron chi connectivity index (χ4n) is 9.69. The van der Waals surface area contributed by atoms with Crippen molar-refractivity contribution in [1.82, 2.24) is 9.13 Å². The minimum atomic E-state index is 0.903. The van der Waals surface area contributed by atoms with Gasteiger partial charge >= 0.3 is 0 Å². The number of para-hydroxylation sites is 2. The van der Waals surface area contributed by atoms with Crippen molar-refractivity contribution in [2.45, 2.75) is 6.42 Å². The van der Waals surface area contributed by atoms with Crippen molar-refractivity contribution in [3.05, 3.63) is 217 Å². The van der Waals surface area contributed by atoms with E-state index in [1.54, 1.807) is 0 Å². The quantitative estimate of drug-likeness (QED) is 0.167. The second-order valence-electron chi connectivity index (χ2n) is 15.2. The molecular formula is C55H36N2. The van der Waals surface area contributed by atoms with E-state index in [1.807, 2.05) is 0 Å². The Kier molecular flexibility index (Phi) is 7.02. The van der Waals surface area contributed by atoms with Gasteiger partial charge in [0.15, 0.2) is 0 Å². The van der Waals surface area contributed by atoms with Crippen molar-refractivity contribution in [3.8, 4) is 55.9 Å². The largest absolute Gasteiger partial charge is 0.309 e. The first kappa shape index (κ1) is 31.9. The summed E-state index contributed by atoms with van der Waals surface area (Å²) in [6.45, 7) is 0. The van der Waals surface area contributed by atoms with Gasteiger partial charge in [0.1, 0.15) is 0 Å². The van der Waals surface area contributed by atoms with Gasteiger partial charge in [0, 0.05) is 32.9 Å². The molecule has 0 bridgehead atoms. The number of rotatable bonds is 5. The Hall–Kier alpha value is -7.42. The number of benzene rings is 9. The maximum atomic E-state index is 2.51.